The monoisotopic (exact) mass is 226 g/mol. The van der Waals surface area contributed by atoms with Crippen LogP contribution < -0.4 is 0 Å². The molecule has 0 aliphatic rings. The van der Waals surface area contributed by atoms with Crippen molar-refractivity contribution in [1.29, 1.82) is 0 Å². The molecule has 6 heteroatoms. The summed E-state index contributed by atoms with van der Waals surface area (Å²) in [4.78, 5) is 10.6. The Labute approximate surface area is 94.7 Å². The second kappa shape index (κ2) is 5.58. The van der Waals surface area contributed by atoms with Crippen LogP contribution in [0.15, 0.2) is 0 Å². The summed E-state index contributed by atoms with van der Waals surface area (Å²) in [6.07, 6.45) is 1.83. The van der Waals surface area contributed by atoms with Crippen LogP contribution in [-0.4, -0.2) is 31.3 Å². The molecular weight excluding hydrogens is 208 g/mol. The largest absolute Gasteiger partial charge is 0.481 e. The second-order valence-electron chi connectivity index (χ2n) is 4.42. The van der Waals surface area contributed by atoms with Gasteiger partial charge in [-0.1, -0.05) is 13.8 Å². The third-order valence-corrected chi connectivity index (χ3v) is 2.39. The normalized spacial score (nSPS) is 13.0. The fraction of sp³-hybridized carbons (Fsp3) is 0.800. The molecule has 1 atom stereocenters. The minimum absolute atomic E-state index is 0.0414. The van der Waals surface area contributed by atoms with Crippen LogP contribution in [0.5, 0.6) is 0 Å². The maximum absolute atomic E-state index is 10.6. The van der Waals surface area contributed by atoms with E-state index in [0.29, 0.717) is 5.92 Å². The molecule has 0 amide bonds. The number of rotatable bonds is 6. The van der Waals surface area contributed by atoms with Crippen LogP contribution in [0.25, 0.3) is 0 Å². The van der Waals surface area contributed by atoms with Crippen LogP contribution in [-0.2, 0) is 11.2 Å². The Morgan fingerprint density at radius 3 is 2.69 bits per heavy atom. The van der Waals surface area contributed by atoms with Gasteiger partial charge in [0, 0.05) is 6.42 Å². The lowest BCUT2D eigenvalue weighted by molar-refractivity contribution is -0.137. The van der Waals surface area contributed by atoms with Gasteiger partial charge in [-0.05, 0) is 29.7 Å². The van der Waals surface area contributed by atoms with Crippen molar-refractivity contribution in [1.82, 2.24) is 20.2 Å². The summed E-state index contributed by atoms with van der Waals surface area (Å²) in [5.41, 5.74) is 0. The molecule has 6 nitrogen and oxygen atoms in total. The molecule has 0 aliphatic heterocycles. The van der Waals surface area contributed by atoms with E-state index < -0.39 is 5.97 Å². The van der Waals surface area contributed by atoms with Crippen LogP contribution >= 0.6 is 0 Å². The Hall–Kier alpha value is -1.46. The summed E-state index contributed by atoms with van der Waals surface area (Å²) in [6, 6.07) is -0.199. The SMILES string of the molecule is CC(C)CCc1nnnn1C(C)CC(=O)O. The summed E-state index contributed by atoms with van der Waals surface area (Å²) >= 11 is 0. The van der Waals surface area contributed by atoms with E-state index in [1.807, 2.05) is 6.92 Å². The fourth-order valence-corrected chi connectivity index (χ4v) is 1.48. The average molecular weight is 226 g/mol. The van der Waals surface area contributed by atoms with Gasteiger partial charge in [-0.2, -0.15) is 0 Å². The molecule has 0 saturated heterocycles. The summed E-state index contributed by atoms with van der Waals surface area (Å²) in [6.45, 7) is 6.08. The Morgan fingerprint density at radius 1 is 1.44 bits per heavy atom. The molecule has 0 bridgehead atoms. The summed E-state index contributed by atoms with van der Waals surface area (Å²) < 4.78 is 1.61. The van der Waals surface area contributed by atoms with Gasteiger partial charge >= 0.3 is 5.97 Å². The fourth-order valence-electron chi connectivity index (χ4n) is 1.48. The van der Waals surface area contributed by atoms with Gasteiger partial charge in [0.25, 0.3) is 0 Å². The van der Waals surface area contributed by atoms with Gasteiger partial charge in [0.05, 0.1) is 12.5 Å². The number of nitrogens with zero attached hydrogens (tertiary/aromatic N) is 4. The third-order valence-electron chi connectivity index (χ3n) is 2.39. The first-order valence-corrected chi connectivity index (χ1v) is 5.49. The molecule has 16 heavy (non-hydrogen) atoms. The quantitative estimate of drug-likeness (QED) is 0.790. The van der Waals surface area contributed by atoms with Crippen molar-refractivity contribution in [3.05, 3.63) is 5.82 Å². The first-order valence-electron chi connectivity index (χ1n) is 5.49. The summed E-state index contributed by atoms with van der Waals surface area (Å²) in [5, 5.41) is 20.1. The lowest BCUT2D eigenvalue weighted by Crippen LogP contribution is -2.15. The van der Waals surface area contributed by atoms with Crippen molar-refractivity contribution in [2.45, 2.75) is 46.1 Å². The number of carboxylic acid groups (broad SMARTS) is 1. The van der Waals surface area contributed by atoms with Gasteiger partial charge in [-0.25, -0.2) is 4.68 Å². The van der Waals surface area contributed by atoms with Crippen molar-refractivity contribution in [2.24, 2.45) is 5.92 Å². The van der Waals surface area contributed by atoms with Crippen LogP contribution in [0.3, 0.4) is 0 Å². The van der Waals surface area contributed by atoms with E-state index in [1.165, 1.54) is 0 Å². The molecule has 1 unspecified atom stereocenters. The molecular formula is C10H18N4O2. The third kappa shape index (κ3) is 3.60. The van der Waals surface area contributed by atoms with Gasteiger partial charge < -0.3 is 5.11 Å². The molecule has 1 rings (SSSR count). The van der Waals surface area contributed by atoms with Gasteiger partial charge in [-0.3, -0.25) is 4.79 Å². The van der Waals surface area contributed by atoms with E-state index in [1.54, 1.807) is 4.68 Å². The van der Waals surface area contributed by atoms with Crippen LogP contribution in [0, 0.1) is 5.92 Å². The van der Waals surface area contributed by atoms with Gasteiger partial charge in [-0.15, -0.1) is 5.10 Å². The van der Waals surface area contributed by atoms with Crippen molar-refractivity contribution < 1.29 is 9.90 Å². The van der Waals surface area contributed by atoms with Crippen LogP contribution in [0.4, 0.5) is 0 Å². The zero-order chi connectivity index (χ0) is 12.1. The van der Waals surface area contributed by atoms with E-state index >= 15 is 0 Å². The predicted molar refractivity (Wildman–Crippen MR) is 57.9 cm³/mol. The number of hydrogen-bond donors (Lipinski definition) is 1. The molecule has 0 fully saturated rings. The summed E-state index contributed by atoms with van der Waals surface area (Å²) in [5.74, 6) is 0.514. The molecule has 1 N–H and O–H groups in total. The standard InChI is InChI=1S/C10H18N4O2/c1-7(2)4-5-9-11-12-13-14(9)8(3)6-10(15)16/h7-8H,4-6H2,1-3H3,(H,15,16). The average Bonchev–Trinajstić information content (AvgIpc) is 2.61. The number of aliphatic carboxylic acids is 1. The predicted octanol–water partition coefficient (Wildman–Crippen LogP) is 1.30. The number of carboxylic acids is 1. The Bertz CT molecular complexity index is 348. The van der Waals surface area contributed by atoms with E-state index in [9.17, 15) is 4.79 Å². The Balaban J connectivity index is 2.65. The molecule has 1 aromatic rings. The highest BCUT2D eigenvalue weighted by Gasteiger charge is 2.15. The number of aromatic nitrogens is 4. The minimum Gasteiger partial charge on any atom is -0.481 e. The highest BCUT2D eigenvalue weighted by molar-refractivity contribution is 5.67. The maximum Gasteiger partial charge on any atom is 0.305 e. The van der Waals surface area contributed by atoms with Crippen molar-refractivity contribution in [2.75, 3.05) is 0 Å². The zero-order valence-corrected chi connectivity index (χ0v) is 9.92. The summed E-state index contributed by atoms with van der Waals surface area (Å²) in [7, 11) is 0. The lowest BCUT2D eigenvalue weighted by atomic mass is 10.1. The number of hydrogen-bond acceptors (Lipinski definition) is 4. The molecule has 90 valence electrons. The second-order valence-corrected chi connectivity index (χ2v) is 4.42. The van der Waals surface area contributed by atoms with Gasteiger partial charge in [0.1, 0.15) is 0 Å². The number of carbonyl (C=O) groups is 1. The first kappa shape index (κ1) is 12.6. The highest BCUT2D eigenvalue weighted by atomic mass is 16.4. The van der Waals surface area contributed by atoms with E-state index in [0.717, 1.165) is 18.7 Å². The smallest absolute Gasteiger partial charge is 0.305 e. The zero-order valence-electron chi connectivity index (χ0n) is 9.92. The van der Waals surface area contributed by atoms with Gasteiger partial charge in [0.15, 0.2) is 5.82 Å². The Kier molecular flexibility index (Phi) is 4.39. The number of aryl methyl sites for hydroxylation is 1. The van der Waals surface area contributed by atoms with E-state index in [4.69, 9.17) is 5.11 Å². The molecule has 0 aromatic carbocycles. The topological polar surface area (TPSA) is 80.9 Å². The lowest BCUT2D eigenvalue weighted by Gasteiger charge is -2.11. The molecule has 0 aliphatic carbocycles. The van der Waals surface area contributed by atoms with Crippen molar-refractivity contribution >= 4 is 5.97 Å². The molecule has 0 spiro atoms. The van der Waals surface area contributed by atoms with E-state index in [-0.39, 0.29) is 12.5 Å². The molecule has 0 radical (unpaired) electrons. The molecule has 1 aromatic heterocycles. The molecule has 1 heterocycles. The Morgan fingerprint density at radius 2 is 2.12 bits per heavy atom. The van der Waals surface area contributed by atoms with Crippen LogP contribution in [0.2, 0.25) is 0 Å². The van der Waals surface area contributed by atoms with Crippen molar-refractivity contribution in [3.63, 3.8) is 0 Å². The first-order chi connectivity index (χ1) is 7.50. The maximum atomic E-state index is 10.6. The van der Waals surface area contributed by atoms with Crippen LogP contribution in [0.1, 0.15) is 45.5 Å². The highest BCUT2D eigenvalue weighted by Crippen LogP contribution is 2.13. The molecule has 0 saturated carbocycles. The van der Waals surface area contributed by atoms with E-state index in [2.05, 4.69) is 29.4 Å². The van der Waals surface area contributed by atoms with Gasteiger partial charge in [0.2, 0.25) is 0 Å². The van der Waals surface area contributed by atoms with Crippen molar-refractivity contribution in [3.8, 4) is 0 Å². The minimum atomic E-state index is -0.835. The number of tetrazole rings is 1.